The molecular formula is C39H72N4O9. The summed E-state index contributed by atoms with van der Waals surface area (Å²) in [6.07, 6.45) is 1.55. The molecule has 0 amide bonds. The van der Waals surface area contributed by atoms with Crippen LogP contribution in [-0.2, 0) is 38.1 Å². The van der Waals surface area contributed by atoms with E-state index in [1.807, 2.05) is 53.6 Å². The number of cyclic esters (lactones) is 1. The largest absolute Gasteiger partial charge is 0.458 e. The van der Waals surface area contributed by atoms with Gasteiger partial charge in [0.2, 0.25) is 0 Å². The molecule has 0 bridgehead atoms. The summed E-state index contributed by atoms with van der Waals surface area (Å²) in [5.41, 5.74) is -2.20. The highest BCUT2D eigenvalue weighted by Gasteiger charge is 2.52. The average molecular weight is 741 g/mol. The molecule has 0 saturated carbocycles. The van der Waals surface area contributed by atoms with Crippen LogP contribution in [0.4, 0.5) is 0 Å². The third kappa shape index (κ3) is 10.5. The van der Waals surface area contributed by atoms with Gasteiger partial charge >= 0.3 is 5.97 Å². The second kappa shape index (κ2) is 20.3. The van der Waals surface area contributed by atoms with Crippen LogP contribution in [0.5, 0.6) is 0 Å². The summed E-state index contributed by atoms with van der Waals surface area (Å²) in [7, 11) is 5.70. The number of ether oxygens (including phenoxy) is 5. The normalized spacial score (nSPS) is 40.8. The lowest BCUT2D eigenvalue weighted by Gasteiger charge is -2.48. The number of likely N-dealkylation sites (N-methyl/N-ethyl adjacent to an activating group) is 2. The Balaban J connectivity index is 2.07. The number of rotatable bonds is 12. The monoisotopic (exact) mass is 741 g/mol. The zero-order chi connectivity index (χ0) is 38.8. The molecule has 0 spiro atoms. The first-order valence-corrected chi connectivity index (χ1v) is 19.9. The standard InChI is InChI=1S/C39H72N4O9/c1-12-31-39(13-2,49-24-44)34(40-9)28(7)41-22-25(4)21-38(8,48-14-3)35(26(5)32(45)27(6)36(47)51-31)52-37-33(46)30(42(10)11)20-29(50-37)23-43-18-16-15-17-19-43/h24-31,33-35,37,40-41,46H,12-23H2,1-11H3/t25-,26+,27?,28-,29+,30+,31-,33-,34-,35-,37+,38?,39-/m1/s1. The van der Waals surface area contributed by atoms with Gasteiger partial charge in [-0.3, -0.25) is 14.4 Å². The number of carbonyl (C=O) groups excluding carboxylic acids is 3. The Morgan fingerprint density at radius 1 is 1.10 bits per heavy atom. The lowest BCUT2D eigenvalue weighted by molar-refractivity contribution is -0.300. The van der Waals surface area contributed by atoms with Crippen LogP contribution in [0.3, 0.4) is 0 Å². The van der Waals surface area contributed by atoms with Gasteiger partial charge in [-0.1, -0.05) is 34.1 Å². The molecule has 3 fully saturated rings. The van der Waals surface area contributed by atoms with Crippen LogP contribution in [0.1, 0.15) is 100 Å². The van der Waals surface area contributed by atoms with E-state index in [9.17, 15) is 19.5 Å². The lowest BCUT2D eigenvalue weighted by Crippen LogP contribution is -2.66. The number of aliphatic hydroxyl groups is 1. The minimum absolute atomic E-state index is 0.0360. The number of hydrogen-bond donors (Lipinski definition) is 3. The van der Waals surface area contributed by atoms with E-state index in [2.05, 4.69) is 22.5 Å². The highest BCUT2D eigenvalue weighted by molar-refractivity contribution is 6.00. The van der Waals surface area contributed by atoms with Crippen molar-refractivity contribution in [1.29, 1.82) is 0 Å². The molecule has 0 aromatic heterocycles. The van der Waals surface area contributed by atoms with Gasteiger partial charge in [-0.2, -0.15) is 0 Å². The van der Waals surface area contributed by atoms with E-state index >= 15 is 0 Å². The van der Waals surface area contributed by atoms with E-state index in [0.717, 1.165) is 32.5 Å². The molecule has 13 atom stereocenters. The minimum atomic E-state index is -1.20. The molecule has 13 heteroatoms. The fourth-order valence-corrected chi connectivity index (χ4v) is 9.20. The average Bonchev–Trinajstić information content (AvgIpc) is 3.11. The molecule has 302 valence electrons. The molecule has 3 heterocycles. The van der Waals surface area contributed by atoms with E-state index in [1.54, 1.807) is 20.9 Å². The van der Waals surface area contributed by atoms with Crippen molar-refractivity contribution in [3.63, 3.8) is 0 Å². The van der Waals surface area contributed by atoms with E-state index < -0.39 is 59.7 Å². The maximum atomic E-state index is 14.5. The Hall–Kier alpha value is -1.71. The molecular weight excluding hydrogens is 668 g/mol. The van der Waals surface area contributed by atoms with E-state index in [1.165, 1.54) is 6.42 Å². The van der Waals surface area contributed by atoms with Crippen molar-refractivity contribution in [2.24, 2.45) is 17.8 Å². The number of hydrogen-bond acceptors (Lipinski definition) is 13. The maximum absolute atomic E-state index is 14.5. The molecule has 0 aromatic carbocycles. The molecule has 3 saturated heterocycles. The number of likely N-dealkylation sites (tertiary alicyclic amines) is 1. The molecule has 0 aliphatic carbocycles. The lowest BCUT2D eigenvalue weighted by atomic mass is 9.78. The first-order chi connectivity index (χ1) is 24.6. The van der Waals surface area contributed by atoms with Gasteiger partial charge in [0.15, 0.2) is 17.7 Å². The Morgan fingerprint density at radius 3 is 2.33 bits per heavy atom. The smallest absolute Gasteiger partial charge is 0.316 e. The predicted octanol–water partition coefficient (Wildman–Crippen LogP) is 3.15. The molecule has 3 N–H and O–H groups in total. The fraction of sp³-hybridized carbons (Fsp3) is 0.923. The Morgan fingerprint density at radius 2 is 1.77 bits per heavy atom. The summed E-state index contributed by atoms with van der Waals surface area (Å²) in [4.78, 5) is 44.8. The van der Waals surface area contributed by atoms with Crippen LogP contribution in [0.15, 0.2) is 0 Å². The first kappa shape index (κ1) is 44.7. The second-order valence-electron chi connectivity index (χ2n) is 16.1. The van der Waals surface area contributed by atoms with Crippen molar-refractivity contribution in [2.75, 3.05) is 53.9 Å². The number of ketones is 1. The summed E-state index contributed by atoms with van der Waals surface area (Å²) in [5.74, 6) is -3.03. The molecule has 3 aliphatic rings. The molecule has 3 aliphatic heterocycles. The molecule has 0 radical (unpaired) electrons. The van der Waals surface area contributed by atoms with Gasteiger partial charge in [-0.25, -0.2) is 0 Å². The van der Waals surface area contributed by atoms with Gasteiger partial charge in [0.05, 0.1) is 23.9 Å². The van der Waals surface area contributed by atoms with Crippen molar-refractivity contribution < 1.29 is 43.2 Å². The summed E-state index contributed by atoms with van der Waals surface area (Å²) in [6, 6.07) is -0.860. The topological polar surface area (TPSA) is 148 Å². The number of esters is 1. The number of Topliss-reactive ketones (excluding diaryl/α,β-unsaturated/α-hetero) is 1. The van der Waals surface area contributed by atoms with Crippen LogP contribution in [-0.4, -0.2) is 147 Å². The molecule has 13 nitrogen and oxygen atoms in total. The van der Waals surface area contributed by atoms with Crippen molar-refractivity contribution in [3.05, 3.63) is 0 Å². The number of piperidine rings is 1. The van der Waals surface area contributed by atoms with Crippen LogP contribution < -0.4 is 10.6 Å². The Kier molecular flexibility index (Phi) is 17.4. The fourth-order valence-electron chi connectivity index (χ4n) is 9.20. The quantitative estimate of drug-likeness (QED) is 0.153. The highest BCUT2D eigenvalue weighted by atomic mass is 16.7. The highest BCUT2D eigenvalue weighted by Crippen LogP contribution is 2.38. The SMILES string of the molecule is CCOC1(C)C[C@@H](C)CN[C@H](C)[C@@H](NC)[C@](CC)(OC=O)[C@@H](CC)OC(=O)C(C)C(=O)[C@H](C)[C@H]1O[C@@H]1O[C@H](CN2CCCCC2)C[C@H](N(C)C)[C@H]1O. The zero-order valence-corrected chi connectivity index (χ0v) is 34.0. The zero-order valence-electron chi connectivity index (χ0n) is 34.0. The van der Waals surface area contributed by atoms with Gasteiger partial charge in [0.1, 0.15) is 18.1 Å². The van der Waals surface area contributed by atoms with Crippen molar-refractivity contribution in [3.8, 4) is 0 Å². The molecule has 3 rings (SSSR count). The maximum Gasteiger partial charge on any atom is 0.316 e. The number of nitrogens with zero attached hydrogens (tertiary/aromatic N) is 2. The molecule has 0 aromatic rings. The van der Waals surface area contributed by atoms with Crippen LogP contribution in [0.2, 0.25) is 0 Å². The van der Waals surface area contributed by atoms with E-state index in [4.69, 9.17) is 23.7 Å². The van der Waals surface area contributed by atoms with E-state index in [0.29, 0.717) is 45.3 Å². The van der Waals surface area contributed by atoms with Gasteiger partial charge in [0, 0.05) is 31.2 Å². The van der Waals surface area contributed by atoms with Crippen LogP contribution in [0, 0.1) is 17.8 Å². The van der Waals surface area contributed by atoms with Gasteiger partial charge in [-0.05, 0) is 113 Å². The van der Waals surface area contributed by atoms with Gasteiger partial charge in [-0.15, -0.1) is 0 Å². The first-order valence-electron chi connectivity index (χ1n) is 19.9. The Bertz CT molecular complexity index is 1130. The summed E-state index contributed by atoms with van der Waals surface area (Å²) < 4.78 is 32.1. The van der Waals surface area contributed by atoms with Crippen molar-refractivity contribution in [1.82, 2.24) is 20.4 Å². The van der Waals surface area contributed by atoms with Crippen molar-refractivity contribution >= 4 is 18.2 Å². The third-order valence-electron chi connectivity index (χ3n) is 12.0. The number of nitrogens with one attached hydrogen (secondary N) is 2. The van der Waals surface area contributed by atoms with Crippen LogP contribution in [0.25, 0.3) is 0 Å². The van der Waals surface area contributed by atoms with Crippen LogP contribution >= 0.6 is 0 Å². The van der Waals surface area contributed by atoms with E-state index in [-0.39, 0.29) is 29.9 Å². The second-order valence-corrected chi connectivity index (χ2v) is 16.1. The van der Waals surface area contributed by atoms with Gasteiger partial charge in [0.25, 0.3) is 6.47 Å². The minimum Gasteiger partial charge on any atom is -0.458 e. The molecule has 52 heavy (non-hydrogen) atoms. The summed E-state index contributed by atoms with van der Waals surface area (Å²) in [6.45, 7) is 19.2. The predicted molar refractivity (Wildman–Crippen MR) is 200 cm³/mol. The third-order valence-corrected chi connectivity index (χ3v) is 12.0. The summed E-state index contributed by atoms with van der Waals surface area (Å²) in [5, 5.41) is 18.7. The molecule has 2 unspecified atom stereocenters. The summed E-state index contributed by atoms with van der Waals surface area (Å²) >= 11 is 0. The van der Waals surface area contributed by atoms with Crippen molar-refractivity contribution in [2.45, 2.75) is 160 Å². The Labute approximate surface area is 313 Å². The number of aliphatic hydroxyl groups excluding tert-OH is 1. The number of carbonyl (C=O) groups is 3. The van der Waals surface area contributed by atoms with Gasteiger partial charge < -0.3 is 49.2 Å².